The molecular formula is C26H22N6O2. The number of nitrogens with zero attached hydrogens (tertiary/aromatic N) is 5. The lowest BCUT2D eigenvalue weighted by Gasteiger charge is -2.38. The Morgan fingerprint density at radius 2 is 1.85 bits per heavy atom. The van der Waals surface area contributed by atoms with E-state index in [-0.39, 0.29) is 24.4 Å². The van der Waals surface area contributed by atoms with E-state index in [1.54, 1.807) is 0 Å². The molecule has 2 aromatic heterocycles. The molecule has 0 spiro atoms. The largest absolute Gasteiger partial charge is 0.468 e. The first-order valence-corrected chi connectivity index (χ1v) is 11.3. The summed E-state index contributed by atoms with van der Waals surface area (Å²) < 4.78 is 8.53. The minimum atomic E-state index is -0.382. The molecule has 2 aliphatic rings. The summed E-state index contributed by atoms with van der Waals surface area (Å²) in [7, 11) is 0. The Morgan fingerprint density at radius 3 is 2.53 bits per heavy atom. The van der Waals surface area contributed by atoms with Gasteiger partial charge in [-0.25, -0.2) is 14.3 Å². The molecule has 1 aliphatic carbocycles. The molecule has 1 fully saturated rings. The maximum Gasteiger partial charge on any atom is 0.351 e. The van der Waals surface area contributed by atoms with Crippen LogP contribution in [0.1, 0.15) is 30.7 Å². The fourth-order valence-electron chi connectivity index (χ4n) is 4.71. The molecule has 34 heavy (non-hydrogen) atoms. The zero-order chi connectivity index (χ0) is 23.3. The van der Waals surface area contributed by atoms with Crippen molar-refractivity contribution in [1.82, 2.24) is 19.3 Å². The first-order valence-electron chi connectivity index (χ1n) is 11.3. The summed E-state index contributed by atoms with van der Waals surface area (Å²) in [4.78, 5) is 17.8. The summed E-state index contributed by atoms with van der Waals surface area (Å²) in [5.41, 5.74) is 11.1. The average Bonchev–Trinajstić information content (AvgIpc) is 3.18. The fraction of sp³-hybridized carbons (Fsp3) is 0.231. The fourth-order valence-corrected chi connectivity index (χ4v) is 4.71. The molecule has 0 bridgehead atoms. The maximum absolute atomic E-state index is 13.0. The normalized spacial score (nSPS) is 15.4. The van der Waals surface area contributed by atoms with E-state index in [4.69, 9.17) is 20.7 Å². The van der Waals surface area contributed by atoms with Gasteiger partial charge in [-0.15, -0.1) is 5.10 Å². The van der Waals surface area contributed by atoms with Crippen LogP contribution in [0.3, 0.4) is 0 Å². The quantitative estimate of drug-likeness (QED) is 0.509. The highest BCUT2D eigenvalue weighted by atomic mass is 16.5. The summed E-state index contributed by atoms with van der Waals surface area (Å²) in [5.74, 6) is 0.804. The monoisotopic (exact) mass is 450 g/mol. The Hall–Kier alpha value is -4.22. The van der Waals surface area contributed by atoms with Gasteiger partial charge in [0.2, 0.25) is 5.88 Å². The van der Waals surface area contributed by atoms with Crippen LogP contribution in [-0.2, 0) is 18.7 Å². The lowest BCUT2D eigenvalue weighted by atomic mass is 9.72. The molecule has 0 saturated heterocycles. The van der Waals surface area contributed by atoms with Crippen molar-refractivity contribution in [3.05, 3.63) is 82.5 Å². The highest BCUT2D eigenvalue weighted by Crippen LogP contribution is 2.41. The van der Waals surface area contributed by atoms with Gasteiger partial charge in [0.1, 0.15) is 12.2 Å². The molecule has 2 N–H and O–H groups in total. The van der Waals surface area contributed by atoms with E-state index < -0.39 is 0 Å². The molecule has 0 amide bonds. The summed E-state index contributed by atoms with van der Waals surface area (Å²) >= 11 is 0. The molecule has 1 aliphatic heterocycles. The van der Waals surface area contributed by atoms with E-state index in [0.29, 0.717) is 17.4 Å². The van der Waals surface area contributed by atoms with Gasteiger partial charge in [0, 0.05) is 16.7 Å². The molecule has 8 heteroatoms. The lowest BCUT2D eigenvalue weighted by molar-refractivity contribution is 0.253. The molecule has 2 aromatic carbocycles. The van der Waals surface area contributed by atoms with Crippen LogP contribution in [0.2, 0.25) is 0 Å². The van der Waals surface area contributed by atoms with Crippen LogP contribution in [0.5, 0.6) is 5.88 Å². The number of hydrogen-bond donors (Lipinski definition) is 1. The SMILES string of the molecule is N#CCn1nc2n(c1=O)-c1cc(-c3ccccc3)c(-c3ccc(C4(N)CCC4)cc3)nc1OC2. The molecule has 6 rings (SSSR count). The van der Waals surface area contributed by atoms with E-state index in [2.05, 4.69) is 29.4 Å². The van der Waals surface area contributed by atoms with E-state index in [1.807, 2.05) is 42.5 Å². The summed E-state index contributed by atoms with van der Waals surface area (Å²) in [5, 5.41) is 13.3. The molecule has 168 valence electrons. The Kier molecular flexibility index (Phi) is 4.61. The van der Waals surface area contributed by atoms with Gasteiger partial charge in [-0.1, -0.05) is 54.6 Å². The molecule has 0 radical (unpaired) electrons. The van der Waals surface area contributed by atoms with Crippen molar-refractivity contribution in [1.29, 1.82) is 5.26 Å². The topological polar surface area (TPSA) is 112 Å². The van der Waals surface area contributed by atoms with Crippen molar-refractivity contribution in [3.8, 4) is 40.0 Å². The summed E-state index contributed by atoms with van der Waals surface area (Å²) in [6.45, 7) is -0.0212. The minimum absolute atomic E-state index is 0.104. The highest BCUT2D eigenvalue weighted by Gasteiger charge is 2.34. The van der Waals surface area contributed by atoms with Gasteiger partial charge in [0.25, 0.3) is 0 Å². The molecule has 3 heterocycles. The predicted octanol–water partition coefficient (Wildman–Crippen LogP) is 3.52. The predicted molar refractivity (Wildman–Crippen MR) is 126 cm³/mol. The molecular weight excluding hydrogens is 428 g/mol. The number of hydrogen-bond acceptors (Lipinski definition) is 6. The molecule has 0 unspecified atom stereocenters. The third-order valence-corrected chi connectivity index (χ3v) is 6.74. The molecule has 4 aromatic rings. The van der Waals surface area contributed by atoms with Crippen LogP contribution in [-0.4, -0.2) is 19.3 Å². The van der Waals surface area contributed by atoms with Gasteiger partial charge in [0.15, 0.2) is 12.4 Å². The second-order valence-corrected chi connectivity index (χ2v) is 8.80. The van der Waals surface area contributed by atoms with E-state index in [1.165, 1.54) is 4.57 Å². The number of fused-ring (bicyclic) bond motifs is 3. The Labute approximate surface area is 195 Å². The first-order chi connectivity index (χ1) is 16.6. The second-order valence-electron chi connectivity index (χ2n) is 8.80. The first kappa shape index (κ1) is 20.4. The summed E-state index contributed by atoms with van der Waals surface area (Å²) in [6.07, 6.45) is 3.17. The smallest absolute Gasteiger partial charge is 0.351 e. The van der Waals surface area contributed by atoms with Gasteiger partial charge in [-0.3, -0.25) is 0 Å². The van der Waals surface area contributed by atoms with Crippen LogP contribution in [0.15, 0.2) is 65.5 Å². The van der Waals surface area contributed by atoms with Crippen LogP contribution in [0, 0.1) is 11.3 Å². The zero-order valence-corrected chi connectivity index (χ0v) is 18.4. The maximum atomic E-state index is 13.0. The van der Waals surface area contributed by atoms with Gasteiger partial charge in [-0.2, -0.15) is 9.94 Å². The van der Waals surface area contributed by atoms with Gasteiger partial charge < -0.3 is 10.5 Å². The van der Waals surface area contributed by atoms with Crippen molar-refractivity contribution < 1.29 is 4.74 Å². The number of pyridine rings is 1. The Bertz CT molecular complexity index is 1490. The number of nitriles is 1. The van der Waals surface area contributed by atoms with Crippen LogP contribution >= 0.6 is 0 Å². The van der Waals surface area contributed by atoms with Gasteiger partial charge in [-0.05, 0) is 36.5 Å². The lowest BCUT2D eigenvalue weighted by Crippen LogP contribution is -2.43. The highest BCUT2D eigenvalue weighted by molar-refractivity contribution is 5.83. The number of nitrogens with two attached hydrogens (primary N) is 1. The number of benzene rings is 2. The Morgan fingerprint density at radius 1 is 1.09 bits per heavy atom. The Balaban J connectivity index is 1.53. The second kappa shape index (κ2) is 7.68. The van der Waals surface area contributed by atoms with Crippen LogP contribution < -0.4 is 16.2 Å². The van der Waals surface area contributed by atoms with Gasteiger partial charge in [0.05, 0.1) is 11.8 Å². The van der Waals surface area contributed by atoms with Crippen molar-refractivity contribution in [2.24, 2.45) is 5.73 Å². The molecule has 8 nitrogen and oxygen atoms in total. The summed E-state index contributed by atoms with van der Waals surface area (Å²) in [6, 6.07) is 22.1. The van der Waals surface area contributed by atoms with E-state index >= 15 is 0 Å². The van der Waals surface area contributed by atoms with E-state index in [9.17, 15) is 4.79 Å². The van der Waals surface area contributed by atoms with Crippen molar-refractivity contribution in [3.63, 3.8) is 0 Å². The number of aromatic nitrogens is 4. The van der Waals surface area contributed by atoms with Crippen LogP contribution in [0.4, 0.5) is 0 Å². The molecule has 1 saturated carbocycles. The standard InChI is InChI=1S/C26H22N6O2/c27-13-14-31-25(33)32-21-15-20(17-5-2-1-3-6-17)23(29-24(21)34-16-22(32)30-31)18-7-9-19(10-8-18)26(28)11-4-12-26/h1-3,5-10,15H,4,11-12,14,16,28H2. The third-order valence-electron chi connectivity index (χ3n) is 6.74. The number of rotatable bonds is 4. The van der Waals surface area contributed by atoms with Crippen molar-refractivity contribution in [2.45, 2.75) is 38.0 Å². The van der Waals surface area contributed by atoms with E-state index in [0.717, 1.165) is 51.9 Å². The molecule has 0 atom stereocenters. The van der Waals surface area contributed by atoms with Gasteiger partial charge >= 0.3 is 5.69 Å². The minimum Gasteiger partial charge on any atom is -0.468 e. The van der Waals surface area contributed by atoms with Crippen LogP contribution in [0.25, 0.3) is 28.1 Å². The zero-order valence-electron chi connectivity index (χ0n) is 18.4. The van der Waals surface area contributed by atoms with Crippen molar-refractivity contribution >= 4 is 0 Å². The third kappa shape index (κ3) is 3.13. The average molecular weight is 451 g/mol. The number of ether oxygens (including phenoxy) is 1. The van der Waals surface area contributed by atoms with Crippen molar-refractivity contribution in [2.75, 3.05) is 0 Å².